The highest BCUT2D eigenvalue weighted by Crippen LogP contribution is 2.36. The number of aromatic nitrogens is 3. The number of carbonyl (C=O) groups excluding carboxylic acids is 1. The lowest BCUT2D eigenvalue weighted by molar-refractivity contribution is -0.118. The number of nitrogens with one attached hydrogen (secondary N) is 1. The summed E-state index contributed by atoms with van der Waals surface area (Å²) in [5, 5.41) is 9.96. The molecule has 9 heteroatoms. The average Bonchev–Trinajstić information content (AvgIpc) is 3.00. The van der Waals surface area contributed by atoms with Crippen LogP contribution in [-0.2, 0) is 16.9 Å². The molecule has 6 nitrogen and oxygen atoms in total. The highest BCUT2D eigenvalue weighted by Gasteiger charge is 2.26. The van der Waals surface area contributed by atoms with Crippen LogP contribution in [0.5, 0.6) is 0 Å². The Morgan fingerprint density at radius 3 is 2.72 bits per heavy atom. The summed E-state index contributed by atoms with van der Waals surface area (Å²) >= 11 is 13.3. The van der Waals surface area contributed by atoms with E-state index in [2.05, 4.69) is 15.4 Å². The molecule has 0 spiro atoms. The van der Waals surface area contributed by atoms with Gasteiger partial charge in [0.25, 0.3) is 0 Å². The fourth-order valence-electron chi connectivity index (χ4n) is 2.61. The van der Waals surface area contributed by atoms with E-state index >= 15 is 0 Å². The summed E-state index contributed by atoms with van der Waals surface area (Å²) in [6.45, 7) is 5.97. The minimum atomic E-state index is -0.458. The number of rotatable bonds is 5. The van der Waals surface area contributed by atoms with Gasteiger partial charge in [0.2, 0.25) is 5.91 Å². The second-order valence-electron chi connectivity index (χ2n) is 6.27. The summed E-state index contributed by atoms with van der Waals surface area (Å²) in [6, 6.07) is 5.86. The molecule has 0 atom stereocenters. The first-order valence-corrected chi connectivity index (χ1v) is 9.10. The van der Waals surface area contributed by atoms with Gasteiger partial charge < -0.3 is 11.1 Å². The maximum Gasteiger partial charge on any atom is 0.239 e. The van der Waals surface area contributed by atoms with Gasteiger partial charge in [-0.15, -0.1) is 11.3 Å². The fourth-order valence-corrected chi connectivity index (χ4v) is 3.86. The number of nitrogens with two attached hydrogens (primary N) is 1. The zero-order valence-corrected chi connectivity index (χ0v) is 16.3. The van der Waals surface area contributed by atoms with Gasteiger partial charge in [0.15, 0.2) is 5.15 Å². The van der Waals surface area contributed by atoms with Crippen LogP contribution >= 0.6 is 34.5 Å². The molecule has 1 amide bonds. The molecule has 0 saturated carbocycles. The van der Waals surface area contributed by atoms with Crippen molar-refractivity contribution in [3.8, 4) is 0 Å². The van der Waals surface area contributed by atoms with Gasteiger partial charge in [0.05, 0.1) is 11.1 Å². The third kappa shape index (κ3) is 3.58. The van der Waals surface area contributed by atoms with Gasteiger partial charge in [-0.2, -0.15) is 5.10 Å². The van der Waals surface area contributed by atoms with Crippen molar-refractivity contribution in [2.45, 2.75) is 32.9 Å². The number of fused-ring (bicyclic) bond motifs is 1. The molecular formula is C16H17Cl2N5OS. The van der Waals surface area contributed by atoms with Crippen LogP contribution in [0.1, 0.15) is 24.5 Å². The van der Waals surface area contributed by atoms with E-state index in [1.165, 1.54) is 11.3 Å². The minimum Gasteiger partial charge on any atom is -0.374 e. The van der Waals surface area contributed by atoms with Crippen molar-refractivity contribution in [3.63, 3.8) is 0 Å². The quantitative estimate of drug-likeness (QED) is 0.682. The summed E-state index contributed by atoms with van der Waals surface area (Å²) < 4.78 is 2.09. The molecule has 0 bridgehead atoms. The van der Waals surface area contributed by atoms with Crippen molar-refractivity contribution >= 4 is 57.0 Å². The lowest BCUT2D eigenvalue weighted by atomic mass is 10.1. The molecule has 3 N–H and O–H groups in total. The number of carbonyl (C=O) groups is 1. The monoisotopic (exact) mass is 397 g/mol. The zero-order valence-electron chi connectivity index (χ0n) is 13.9. The Hall–Kier alpha value is -1.83. The topological polar surface area (TPSA) is 85.8 Å². The van der Waals surface area contributed by atoms with Crippen LogP contribution in [-0.4, -0.2) is 20.7 Å². The van der Waals surface area contributed by atoms with E-state index in [1.807, 2.05) is 39.0 Å². The van der Waals surface area contributed by atoms with E-state index in [1.54, 1.807) is 4.68 Å². The van der Waals surface area contributed by atoms with E-state index in [0.717, 1.165) is 27.3 Å². The number of amides is 1. The first-order chi connectivity index (χ1) is 11.7. The van der Waals surface area contributed by atoms with Gasteiger partial charge >= 0.3 is 0 Å². The normalized spacial score (nSPS) is 11.9. The van der Waals surface area contributed by atoms with Gasteiger partial charge in [0, 0.05) is 16.8 Å². The molecular weight excluding hydrogens is 381 g/mol. The number of hydrogen-bond acceptors (Lipinski definition) is 5. The molecule has 0 aliphatic carbocycles. The Kier molecular flexibility index (Phi) is 4.66. The van der Waals surface area contributed by atoms with Gasteiger partial charge in [-0.3, -0.25) is 9.48 Å². The first-order valence-electron chi connectivity index (χ1n) is 7.53. The average molecular weight is 398 g/mol. The number of hydrogen-bond donors (Lipinski definition) is 2. The predicted octanol–water partition coefficient (Wildman–Crippen LogP) is 3.94. The number of primary amides is 1. The van der Waals surface area contributed by atoms with Crippen molar-refractivity contribution in [3.05, 3.63) is 38.4 Å². The Bertz CT molecular complexity index is 943. The summed E-state index contributed by atoms with van der Waals surface area (Å²) in [6.07, 6.45) is 0. The van der Waals surface area contributed by atoms with Crippen LogP contribution in [0.4, 0.5) is 5.69 Å². The molecule has 132 valence electrons. The standard InChI is InChI=1S/C16H17Cl2N5OS/c1-8-10-5-4-9(6-11(10)22-23(8)7-12(19)24)21-16(2,3)15-20-13(17)14(18)25-15/h4-6,21H,7H2,1-3H3,(H2,19,24). The van der Waals surface area contributed by atoms with Crippen LogP contribution in [0.25, 0.3) is 10.9 Å². The second kappa shape index (κ2) is 6.48. The Balaban J connectivity index is 1.92. The van der Waals surface area contributed by atoms with Gasteiger partial charge in [-0.05, 0) is 39.0 Å². The molecule has 0 unspecified atom stereocenters. The van der Waals surface area contributed by atoms with Gasteiger partial charge in [-0.1, -0.05) is 23.2 Å². The maximum atomic E-state index is 11.2. The molecule has 0 aliphatic rings. The molecule has 1 aromatic carbocycles. The van der Waals surface area contributed by atoms with Crippen molar-refractivity contribution in [1.29, 1.82) is 0 Å². The Labute approximate surface area is 158 Å². The number of anilines is 1. The Morgan fingerprint density at radius 2 is 2.12 bits per heavy atom. The summed E-state index contributed by atoms with van der Waals surface area (Å²) in [5.41, 5.74) is 7.38. The highest BCUT2D eigenvalue weighted by atomic mass is 35.5. The highest BCUT2D eigenvalue weighted by molar-refractivity contribution is 7.16. The molecule has 0 saturated heterocycles. The zero-order chi connectivity index (χ0) is 18.4. The molecule has 2 aromatic heterocycles. The molecule has 0 fully saturated rings. The molecule has 2 heterocycles. The van der Waals surface area contributed by atoms with Gasteiger partial charge in [0.1, 0.15) is 15.9 Å². The number of aryl methyl sites for hydroxylation is 1. The van der Waals surface area contributed by atoms with Crippen molar-refractivity contribution in [2.24, 2.45) is 5.73 Å². The molecule has 3 aromatic rings. The molecule has 0 aliphatic heterocycles. The third-order valence-electron chi connectivity index (χ3n) is 3.85. The summed E-state index contributed by atoms with van der Waals surface area (Å²) in [7, 11) is 0. The number of halogens is 2. The van der Waals surface area contributed by atoms with Crippen LogP contribution in [0.2, 0.25) is 9.49 Å². The molecule has 25 heavy (non-hydrogen) atoms. The van der Waals surface area contributed by atoms with E-state index in [-0.39, 0.29) is 6.54 Å². The number of benzene rings is 1. The van der Waals surface area contributed by atoms with E-state index in [4.69, 9.17) is 28.9 Å². The van der Waals surface area contributed by atoms with Crippen molar-refractivity contribution in [1.82, 2.24) is 14.8 Å². The maximum absolute atomic E-state index is 11.2. The van der Waals surface area contributed by atoms with Crippen molar-refractivity contribution in [2.75, 3.05) is 5.32 Å². The van der Waals surface area contributed by atoms with E-state index < -0.39 is 11.4 Å². The largest absolute Gasteiger partial charge is 0.374 e. The smallest absolute Gasteiger partial charge is 0.239 e. The first kappa shape index (κ1) is 18.0. The number of thiazole rings is 1. The van der Waals surface area contributed by atoms with E-state index in [9.17, 15) is 4.79 Å². The van der Waals surface area contributed by atoms with Crippen LogP contribution in [0.15, 0.2) is 18.2 Å². The lowest BCUT2D eigenvalue weighted by Crippen LogP contribution is -2.27. The summed E-state index contributed by atoms with van der Waals surface area (Å²) in [5.74, 6) is -0.423. The fraction of sp³-hybridized carbons (Fsp3) is 0.312. The lowest BCUT2D eigenvalue weighted by Gasteiger charge is -2.25. The SMILES string of the molecule is Cc1c2ccc(NC(C)(C)c3nc(Cl)c(Cl)s3)cc2nn1CC(N)=O. The molecule has 0 radical (unpaired) electrons. The Morgan fingerprint density at radius 1 is 1.40 bits per heavy atom. The minimum absolute atomic E-state index is 0.0604. The van der Waals surface area contributed by atoms with Crippen LogP contribution in [0, 0.1) is 6.92 Å². The van der Waals surface area contributed by atoms with Crippen LogP contribution < -0.4 is 11.1 Å². The van der Waals surface area contributed by atoms with Crippen LogP contribution in [0.3, 0.4) is 0 Å². The second-order valence-corrected chi connectivity index (χ2v) is 8.23. The summed E-state index contributed by atoms with van der Waals surface area (Å²) in [4.78, 5) is 15.5. The van der Waals surface area contributed by atoms with Crippen molar-refractivity contribution < 1.29 is 4.79 Å². The van der Waals surface area contributed by atoms with E-state index in [0.29, 0.717) is 9.49 Å². The van der Waals surface area contributed by atoms with Gasteiger partial charge in [-0.25, -0.2) is 4.98 Å². The number of nitrogens with zero attached hydrogens (tertiary/aromatic N) is 3. The third-order valence-corrected chi connectivity index (χ3v) is 5.91. The molecule has 3 rings (SSSR count). The predicted molar refractivity (Wildman–Crippen MR) is 102 cm³/mol.